The molecule has 0 aliphatic carbocycles. The molecule has 108 valence electrons. The summed E-state index contributed by atoms with van der Waals surface area (Å²) in [6.45, 7) is 13.0. The molecule has 0 aliphatic rings. The van der Waals surface area contributed by atoms with Gasteiger partial charge in [-0.2, -0.15) is 0 Å². The van der Waals surface area contributed by atoms with E-state index in [1.165, 1.54) is 18.5 Å². The van der Waals surface area contributed by atoms with E-state index in [-0.39, 0.29) is 0 Å². The molecule has 0 fully saturated rings. The Kier molecular flexibility index (Phi) is 10.4. The normalized spacial score (nSPS) is 12.7. The van der Waals surface area contributed by atoms with Gasteiger partial charge in [-0.15, -0.1) is 6.58 Å². The monoisotopic (exact) mass is 282 g/mol. The number of rotatable bonds is 10. The minimum atomic E-state index is -0.677. The van der Waals surface area contributed by atoms with Crippen molar-refractivity contribution in [2.45, 2.75) is 33.1 Å². The lowest BCUT2D eigenvalue weighted by atomic mass is 10.1. The Bertz CT molecular complexity index is 332. The lowest BCUT2D eigenvalue weighted by Gasteiger charge is -2.20. The molecule has 0 aromatic heterocycles. The first kappa shape index (κ1) is 18.0. The molecule has 0 saturated carbocycles. The van der Waals surface area contributed by atoms with Crippen molar-refractivity contribution < 1.29 is 0 Å². The second-order valence-electron chi connectivity index (χ2n) is 5.05. The maximum absolute atomic E-state index is 4.29. The van der Waals surface area contributed by atoms with Crippen molar-refractivity contribution in [1.82, 2.24) is 4.90 Å². The van der Waals surface area contributed by atoms with Gasteiger partial charge in [0.15, 0.2) is 6.16 Å². The molecule has 0 aromatic carbocycles. The molecule has 1 atom stereocenters. The van der Waals surface area contributed by atoms with Crippen molar-refractivity contribution in [3.8, 4) is 0 Å². The van der Waals surface area contributed by atoms with Crippen LogP contribution >= 0.6 is 7.86 Å². The van der Waals surface area contributed by atoms with E-state index in [1.54, 1.807) is 0 Å². The summed E-state index contributed by atoms with van der Waals surface area (Å²) < 4.78 is 8.39. The first-order chi connectivity index (χ1) is 9.04. The fourth-order valence-corrected chi connectivity index (χ4v) is 2.80. The van der Waals surface area contributed by atoms with Crippen LogP contribution < -0.4 is 0 Å². The second-order valence-corrected chi connectivity index (χ2v) is 6.79. The van der Waals surface area contributed by atoms with E-state index in [1.807, 2.05) is 13.1 Å². The maximum atomic E-state index is 4.29. The predicted octanol–water partition coefficient (Wildman–Crippen LogP) is 4.73. The van der Waals surface area contributed by atoms with E-state index >= 15 is 0 Å². The standard InChI is InChI=1S/C15H29N3P/c1-7-8-11-15(13-19(16-4)17-5)18(6)12-9-10-14(2)3/h7,11,14H,1,4,8-10,12-13H2,2-3,5-6H3/q+1/b15-11-. The Morgan fingerprint density at radius 1 is 1.42 bits per heavy atom. The minimum Gasteiger partial charge on any atom is -0.375 e. The highest BCUT2D eigenvalue weighted by Crippen LogP contribution is 2.29. The average Bonchev–Trinajstić information content (AvgIpc) is 2.38. The van der Waals surface area contributed by atoms with Gasteiger partial charge in [-0.25, -0.2) is 0 Å². The van der Waals surface area contributed by atoms with Crippen LogP contribution in [0.1, 0.15) is 33.1 Å². The summed E-state index contributed by atoms with van der Waals surface area (Å²) in [4.78, 5) is 2.33. The summed E-state index contributed by atoms with van der Waals surface area (Å²) >= 11 is 0. The fraction of sp³-hybridized carbons (Fsp3) is 0.667. The van der Waals surface area contributed by atoms with Crippen LogP contribution in [-0.2, 0) is 0 Å². The maximum Gasteiger partial charge on any atom is 0.351 e. The molecular formula is C15H29N3P+. The summed E-state index contributed by atoms with van der Waals surface area (Å²) in [6.07, 6.45) is 8.44. The van der Waals surface area contributed by atoms with Gasteiger partial charge >= 0.3 is 7.86 Å². The van der Waals surface area contributed by atoms with E-state index in [2.05, 4.69) is 54.7 Å². The van der Waals surface area contributed by atoms with E-state index in [4.69, 9.17) is 0 Å². The van der Waals surface area contributed by atoms with Gasteiger partial charge < -0.3 is 4.90 Å². The molecule has 1 unspecified atom stereocenters. The number of allylic oxidation sites excluding steroid dienone is 3. The summed E-state index contributed by atoms with van der Waals surface area (Å²) in [5, 5.41) is 0. The highest BCUT2D eigenvalue weighted by Gasteiger charge is 2.16. The van der Waals surface area contributed by atoms with Crippen molar-refractivity contribution >= 4 is 14.6 Å². The summed E-state index contributed by atoms with van der Waals surface area (Å²) in [5.74, 6) is 0.770. The Morgan fingerprint density at radius 2 is 2.11 bits per heavy atom. The first-order valence-electron chi connectivity index (χ1n) is 6.90. The van der Waals surface area contributed by atoms with Crippen molar-refractivity contribution in [3.63, 3.8) is 0 Å². The molecule has 0 radical (unpaired) electrons. The lowest BCUT2D eigenvalue weighted by molar-refractivity contribution is 0.386. The molecule has 3 nitrogen and oxygen atoms in total. The van der Waals surface area contributed by atoms with Gasteiger partial charge in [0, 0.05) is 20.3 Å². The SMILES string of the molecule is C=CC/C=C(/C[P+](N=C)=NC)N(C)CCCC(C)C. The summed E-state index contributed by atoms with van der Waals surface area (Å²) in [5.41, 5.74) is 1.31. The lowest BCUT2D eigenvalue weighted by Crippen LogP contribution is -2.21. The molecule has 0 amide bonds. The van der Waals surface area contributed by atoms with E-state index < -0.39 is 7.86 Å². The zero-order valence-electron chi connectivity index (χ0n) is 13.0. The molecular weight excluding hydrogens is 253 g/mol. The predicted molar refractivity (Wildman–Crippen MR) is 89.3 cm³/mol. The van der Waals surface area contributed by atoms with Crippen LogP contribution in [0.2, 0.25) is 0 Å². The zero-order valence-corrected chi connectivity index (χ0v) is 13.9. The van der Waals surface area contributed by atoms with E-state index in [9.17, 15) is 0 Å². The molecule has 4 heteroatoms. The number of nitrogens with zero attached hydrogens (tertiary/aromatic N) is 3. The summed E-state index contributed by atoms with van der Waals surface area (Å²) in [6, 6.07) is 0. The molecule has 0 N–H and O–H groups in total. The highest BCUT2D eigenvalue weighted by molar-refractivity contribution is 7.46. The number of hydrogen-bond acceptors (Lipinski definition) is 2. The fourth-order valence-electron chi connectivity index (χ4n) is 1.77. The zero-order chi connectivity index (χ0) is 14.7. The topological polar surface area (TPSA) is 28.0 Å². The Balaban J connectivity index is 4.56. The number of hydrogen-bond donors (Lipinski definition) is 0. The second kappa shape index (κ2) is 10.9. The molecule has 0 saturated heterocycles. The third kappa shape index (κ3) is 8.72. The quantitative estimate of drug-likeness (QED) is 0.323. The molecule has 0 rings (SSSR count). The van der Waals surface area contributed by atoms with E-state index in [0.717, 1.165) is 25.0 Å². The van der Waals surface area contributed by atoms with Crippen LogP contribution in [0, 0.1) is 5.92 Å². The van der Waals surface area contributed by atoms with Gasteiger partial charge in [-0.1, -0.05) is 35.5 Å². The molecule has 0 bridgehead atoms. The molecule has 0 aromatic rings. The average molecular weight is 282 g/mol. The van der Waals surface area contributed by atoms with Crippen LogP contribution in [0.5, 0.6) is 0 Å². The summed E-state index contributed by atoms with van der Waals surface area (Å²) in [7, 11) is 3.30. The molecule has 0 heterocycles. The van der Waals surface area contributed by atoms with Crippen LogP contribution in [0.4, 0.5) is 0 Å². The third-order valence-electron chi connectivity index (χ3n) is 2.98. The van der Waals surface area contributed by atoms with Gasteiger partial charge in [0.25, 0.3) is 0 Å². The Hall–Kier alpha value is -0.950. The van der Waals surface area contributed by atoms with Crippen LogP contribution in [0.25, 0.3) is 0 Å². The van der Waals surface area contributed by atoms with Gasteiger partial charge in [0.1, 0.15) is 0 Å². The van der Waals surface area contributed by atoms with Gasteiger partial charge in [-0.3, -0.25) is 0 Å². The van der Waals surface area contributed by atoms with Crippen LogP contribution in [0.15, 0.2) is 33.9 Å². The van der Waals surface area contributed by atoms with Crippen LogP contribution in [-0.4, -0.2) is 38.4 Å². The smallest absolute Gasteiger partial charge is 0.351 e. The Morgan fingerprint density at radius 3 is 2.58 bits per heavy atom. The molecule has 19 heavy (non-hydrogen) atoms. The highest BCUT2D eigenvalue weighted by atomic mass is 31.1. The van der Waals surface area contributed by atoms with Gasteiger partial charge in [-0.05, 0) is 25.2 Å². The minimum absolute atomic E-state index is 0.677. The van der Waals surface area contributed by atoms with Crippen LogP contribution in [0.3, 0.4) is 0 Å². The molecule has 0 aliphatic heterocycles. The first-order valence-corrected chi connectivity index (χ1v) is 8.33. The van der Waals surface area contributed by atoms with Gasteiger partial charge in [0.2, 0.25) is 0 Å². The largest absolute Gasteiger partial charge is 0.375 e. The molecule has 0 spiro atoms. The van der Waals surface area contributed by atoms with E-state index in [0.29, 0.717) is 0 Å². The van der Waals surface area contributed by atoms with Crippen molar-refractivity contribution in [2.75, 3.05) is 26.8 Å². The third-order valence-corrected chi connectivity index (χ3v) is 4.38. The van der Waals surface area contributed by atoms with Crippen molar-refractivity contribution in [1.29, 1.82) is 0 Å². The van der Waals surface area contributed by atoms with Crippen molar-refractivity contribution in [3.05, 3.63) is 24.4 Å². The Labute approximate surface area is 120 Å². The van der Waals surface area contributed by atoms with Crippen molar-refractivity contribution in [2.24, 2.45) is 15.4 Å². The van der Waals surface area contributed by atoms with Gasteiger partial charge in [0.05, 0.1) is 12.7 Å².